The number of rotatable bonds is 1. The second-order valence-corrected chi connectivity index (χ2v) is 4.52. The minimum absolute atomic E-state index is 0.479. The van der Waals surface area contributed by atoms with Gasteiger partial charge in [-0.25, -0.2) is 0 Å². The average molecular weight is 190 g/mol. The number of para-hydroxylation sites is 1. The van der Waals surface area contributed by atoms with E-state index >= 15 is 0 Å². The van der Waals surface area contributed by atoms with Gasteiger partial charge in [0.25, 0.3) is 0 Å². The molecule has 1 saturated carbocycles. The maximum atomic E-state index is 9.73. The molecule has 0 bridgehead atoms. The lowest BCUT2D eigenvalue weighted by Crippen LogP contribution is -2.10. The smallest absolute Gasteiger partial charge is 0.119 e. The summed E-state index contributed by atoms with van der Waals surface area (Å²) in [4.78, 5) is 0. The predicted octanol–water partition coefficient (Wildman–Crippen LogP) is 3.69. The summed E-state index contributed by atoms with van der Waals surface area (Å²) in [5.41, 5.74) is 1.15. The predicted molar refractivity (Wildman–Crippen MR) is 58.5 cm³/mol. The molecule has 1 aromatic rings. The minimum atomic E-state index is 0.479. The third-order valence-corrected chi connectivity index (χ3v) is 3.39. The molecule has 0 spiro atoms. The van der Waals surface area contributed by atoms with E-state index in [4.69, 9.17) is 0 Å². The van der Waals surface area contributed by atoms with E-state index in [0.29, 0.717) is 11.7 Å². The summed E-state index contributed by atoms with van der Waals surface area (Å²) < 4.78 is 0. The number of aromatic hydroxyl groups is 1. The summed E-state index contributed by atoms with van der Waals surface area (Å²) in [6.07, 6.45) is 5.08. The van der Waals surface area contributed by atoms with E-state index < -0.39 is 0 Å². The van der Waals surface area contributed by atoms with Gasteiger partial charge in [0, 0.05) is 0 Å². The second-order valence-electron chi connectivity index (χ2n) is 4.52. The molecule has 1 fully saturated rings. The maximum absolute atomic E-state index is 9.73. The van der Waals surface area contributed by atoms with Crippen molar-refractivity contribution < 1.29 is 5.11 Å². The van der Waals surface area contributed by atoms with Gasteiger partial charge in [-0.2, -0.15) is 0 Å². The zero-order valence-electron chi connectivity index (χ0n) is 8.74. The summed E-state index contributed by atoms with van der Waals surface area (Å²) in [5.74, 6) is 1.94. The molecule has 14 heavy (non-hydrogen) atoms. The van der Waals surface area contributed by atoms with Crippen molar-refractivity contribution in [2.75, 3.05) is 0 Å². The third-order valence-electron chi connectivity index (χ3n) is 3.39. The molecule has 1 aliphatic rings. The van der Waals surface area contributed by atoms with Crippen molar-refractivity contribution in [3.05, 3.63) is 29.8 Å². The zero-order valence-corrected chi connectivity index (χ0v) is 8.74. The Morgan fingerprint density at radius 3 is 2.36 bits per heavy atom. The average Bonchev–Trinajstić information content (AvgIpc) is 2.20. The van der Waals surface area contributed by atoms with Crippen molar-refractivity contribution in [3.8, 4) is 5.75 Å². The summed E-state index contributed by atoms with van der Waals surface area (Å²) in [6.45, 7) is 2.32. The van der Waals surface area contributed by atoms with Crippen LogP contribution in [0.5, 0.6) is 5.75 Å². The highest BCUT2D eigenvalue weighted by molar-refractivity contribution is 5.35. The highest BCUT2D eigenvalue weighted by Gasteiger charge is 2.21. The van der Waals surface area contributed by atoms with Crippen LogP contribution in [0, 0.1) is 5.92 Å². The standard InChI is InChI=1S/C13H18O/c1-10-6-8-11(9-7-10)12-4-2-3-5-13(12)14/h2-5,10-11,14H,6-9H2,1H3. The Bertz CT molecular complexity index is 298. The fourth-order valence-corrected chi connectivity index (χ4v) is 2.40. The lowest BCUT2D eigenvalue weighted by Gasteiger charge is -2.26. The van der Waals surface area contributed by atoms with E-state index in [1.54, 1.807) is 6.07 Å². The Kier molecular flexibility index (Phi) is 2.76. The Morgan fingerprint density at radius 1 is 1.07 bits per heavy atom. The van der Waals surface area contributed by atoms with Crippen molar-refractivity contribution in [1.82, 2.24) is 0 Å². The van der Waals surface area contributed by atoms with Crippen LogP contribution in [0.2, 0.25) is 0 Å². The monoisotopic (exact) mass is 190 g/mol. The van der Waals surface area contributed by atoms with Gasteiger partial charge < -0.3 is 5.11 Å². The first kappa shape index (κ1) is 9.57. The van der Waals surface area contributed by atoms with Crippen LogP contribution >= 0.6 is 0 Å². The van der Waals surface area contributed by atoms with Crippen LogP contribution in [-0.2, 0) is 0 Å². The Hall–Kier alpha value is -0.980. The van der Waals surface area contributed by atoms with E-state index in [1.165, 1.54) is 25.7 Å². The molecule has 0 atom stereocenters. The molecular weight excluding hydrogens is 172 g/mol. The molecule has 2 rings (SSSR count). The van der Waals surface area contributed by atoms with Crippen LogP contribution in [0.15, 0.2) is 24.3 Å². The van der Waals surface area contributed by atoms with Crippen LogP contribution in [0.1, 0.15) is 44.1 Å². The van der Waals surface area contributed by atoms with Crippen molar-refractivity contribution >= 4 is 0 Å². The molecule has 1 N–H and O–H groups in total. The molecule has 1 nitrogen and oxygen atoms in total. The van der Waals surface area contributed by atoms with Crippen LogP contribution in [0.3, 0.4) is 0 Å². The largest absolute Gasteiger partial charge is 0.508 e. The molecule has 1 aromatic carbocycles. The summed E-state index contributed by atoms with van der Waals surface area (Å²) in [7, 11) is 0. The van der Waals surface area contributed by atoms with Gasteiger partial charge in [0.05, 0.1) is 0 Å². The van der Waals surface area contributed by atoms with E-state index in [2.05, 4.69) is 13.0 Å². The lowest BCUT2D eigenvalue weighted by molar-refractivity contribution is 0.340. The molecule has 0 unspecified atom stereocenters. The van der Waals surface area contributed by atoms with Crippen molar-refractivity contribution in [3.63, 3.8) is 0 Å². The van der Waals surface area contributed by atoms with Gasteiger partial charge in [-0.05, 0) is 36.3 Å². The molecule has 0 aromatic heterocycles. The van der Waals surface area contributed by atoms with Crippen LogP contribution in [-0.4, -0.2) is 5.11 Å². The Labute approximate surface area is 85.8 Å². The fraction of sp³-hybridized carbons (Fsp3) is 0.538. The molecule has 0 aliphatic heterocycles. The number of phenolic OH excluding ortho intramolecular Hbond substituents is 1. The van der Waals surface area contributed by atoms with Gasteiger partial charge in [0.1, 0.15) is 5.75 Å². The number of hydrogen-bond acceptors (Lipinski definition) is 1. The van der Waals surface area contributed by atoms with Gasteiger partial charge >= 0.3 is 0 Å². The van der Waals surface area contributed by atoms with E-state index in [1.807, 2.05) is 12.1 Å². The van der Waals surface area contributed by atoms with Gasteiger partial charge in [-0.15, -0.1) is 0 Å². The molecule has 0 radical (unpaired) electrons. The highest BCUT2D eigenvalue weighted by Crippen LogP contribution is 2.38. The van der Waals surface area contributed by atoms with Gasteiger partial charge in [-0.3, -0.25) is 0 Å². The molecule has 0 heterocycles. The van der Waals surface area contributed by atoms with E-state index in [0.717, 1.165) is 11.5 Å². The minimum Gasteiger partial charge on any atom is -0.508 e. The molecular formula is C13H18O. The maximum Gasteiger partial charge on any atom is 0.119 e. The van der Waals surface area contributed by atoms with Crippen molar-refractivity contribution in [2.45, 2.75) is 38.5 Å². The second kappa shape index (κ2) is 4.04. The number of hydrogen-bond donors (Lipinski definition) is 1. The van der Waals surface area contributed by atoms with Crippen LogP contribution in [0.25, 0.3) is 0 Å². The van der Waals surface area contributed by atoms with Crippen LogP contribution in [0.4, 0.5) is 0 Å². The number of phenols is 1. The number of benzene rings is 1. The van der Waals surface area contributed by atoms with Gasteiger partial charge in [0.15, 0.2) is 0 Å². The Balaban J connectivity index is 2.12. The molecule has 1 heteroatoms. The quantitative estimate of drug-likeness (QED) is 0.716. The van der Waals surface area contributed by atoms with Gasteiger partial charge in [-0.1, -0.05) is 38.0 Å². The lowest BCUT2D eigenvalue weighted by atomic mass is 9.79. The van der Waals surface area contributed by atoms with Crippen molar-refractivity contribution in [1.29, 1.82) is 0 Å². The van der Waals surface area contributed by atoms with Crippen LogP contribution < -0.4 is 0 Å². The topological polar surface area (TPSA) is 20.2 Å². The summed E-state index contributed by atoms with van der Waals surface area (Å²) in [6, 6.07) is 7.78. The third kappa shape index (κ3) is 1.92. The van der Waals surface area contributed by atoms with E-state index in [9.17, 15) is 5.11 Å². The summed E-state index contributed by atoms with van der Waals surface area (Å²) >= 11 is 0. The first-order valence-corrected chi connectivity index (χ1v) is 5.55. The molecule has 1 aliphatic carbocycles. The fourth-order valence-electron chi connectivity index (χ4n) is 2.40. The highest BCUT2D eigenvalue weighted by atomic mass is 16.3. The zero-order chi connectivity index (χ0) is 9.97. The molecule has 0 saturated heterocycles. The summed E-state index contributed by atoms with van der Waals surface area (Å²) in [5, 5.41) is 9.73. The van der Waals surface area contributed by atoms with E-state index in [-0.39, 0.29) is 0 Å². The van der Waals surface area contributed by atoms with Crippen molar-refractivity contribution in [2.24, 2.45) is 5.92 Å². The normalized spacial score (nSPS) is 27.5. The first-order valence-electron chi connectivity index (χ1n) is 5.55. The first-order chi connectivity index (χ1) is 6.77. The SMILES string of the molecule is CC1CCC(c2ccccc2O)CC1. The Morgan fingerprint density at radius 2 is 1.71 bits per heavy atom. The molecule has 76 valence electrons. The molecule has 0 amide bonds. The van der Waals surface area contributed by atoms with Gasteiger partial charge in [0.2, 0.25) is 0 Å².